The van der Waals surface area contributed by atoms with E-state index < -0.39 is 5.82 Å². The van der Waals surface area contributed by atoms with Crippen molar-refractivity contribution in [2.75, 3.05) is 43.6 Å². The average molecular weight is 485 g/mol. The van der Waals surface area contributed by atoms with Gasteiger partial charge in [-0.1, -0.05) is 13.0 Å². The average Bonchev–Trinajstić information content (AvgIpc) is 2.86. The molecule has 2 saturated heterocycles. The highest BCUT2D eigenvalue weighted by Crippen LogP contribution is 2.38. The lowest BCUT2D eigenvalue weighted by atomic mass is 9.84. The van der Waals surface area contributed by atoms with Crippen molar-refractivity contribution in [1.82, 2.24) is 19.9 Å². The molecule has 2 aliphatic rings. The topological polar surface area (TPSA) is 94.5 Å². The van der Waals surface area contributed by atoms with Gasteiger partial charge >= 0.3 is 0 Å². The third-order valence-corrected chi connectivity index (χ3v) is 6.31. The highest BCUT2D eigenvalue weighted by molar-refractivity contribution is 5.65. The molecule has 2 aromatic heterocycles. The number of halogens is 2. The van der Waals surface area contributed by atoms with Crippen molar-refractivity contribution in [3.05, 3.63) is 54.1 Å². The number of aromatic nitrogens is 4. The molecule has 2 fully saturated rings. The Morgan fingerprint density at radius 2 is 1.83 bits per heavy atom. The smallest absolute Gasteiger partial charge is 0.262 e. The van der Waals surface area contributed by atoms with Crippen molar-refractivity contribution >= 4 is 17.5 Å². The maximum Gasteiger partial charge on any atom is 0.262 e. The summed E-state index contributed by atoms with van der Waals surface area (Å²) in [7, 11) is 1.49. The van der Waals surface area contributed by atoms with Gasteiger partial charge in [0.05, 0.1) is 38.4 Å². The van der Waals surface area contributed by atoms with E-state index in [1.807, 2.05) is 17.9 Å². The van der Waals surface area contributed by atoms with Gasteiger partial charge < -0.3 is 24.4 Å². The van der Waals surface area contributed by atoms with E-state index in [1.54, 1.807) is 6.07 Å². The third kappa shape index (κ3) is 4.81. The molecule has 0 spiro atoms. The zero-order valence-corrected chi connectivity index (χ0v) is 19.4. The molecule has 2 aliphatic heterocycles. The second-order valence-corrected chi connectivity index (χ2v) is 8.60. The summed E-state index contributed by atoms with van der Waals surface area (Å²) in [6.07, 6.45) is 4.22. The number of hydrogen-bond acceptors (Lipinski definition) is 9. The van der Waals surface area contributed by atoms with Crippen LogP contribution in [0.4, 0.5) is 26.2 Å². The van der Waals surface area contributed by atoms with E-state index in [9.17, 15) is 8.78 Å². The summed E-state index contributed by atoms with van der Waals surface area (Å²) in [6.45, 7) is 4.12. The third-order valence-electron chi connectivity index (χ3n) is 6.31. The van der Waals surface area contributed by atoms with E-state index in [1.165, 1.54) is 19.5 Å². The Balaban J connectivity index is 1.36. The van der Waals surface area contributed by atoms with Crippen LogP contribution in [0.5, 0.6) is 11.6 Å². The Morgan fingerprint density at radius 3 is 2.49 bits per heavy atom. The number of piperidine rings is 1. The van der Waals surface area contributed by atoms with Crippen molar-refractivity contribution in [3.8, 4) is 11.6 Å². The molecule has 5 rings (SSSR count). The minimum Gasteiger partial charge on any atom is -0.489 e. The number of benzene rings is 1. The fourth-order valence-corrected chi connectivity index (χ4v) is 4.57. The Bertz CT molecular complexity index is 1170. The molecule has 0 radical (unpaired) electrons. The summed E-state index contributed by atoms with van der Waals surface area (Å²) in [5.41, 5.74) is 1.18. The molecule has 2 unspecified atom stereocenters. The van der Waals surface area contributed by atoms with Crippen molar-refractivity contribution in [3.63, 3.8) is 0 Å². The van der Waals surface area contributed by atoms with Gasteiger partial charge in [-0.05, 0) is 24.1 Å². The molecule has 3 aromatic rings. The number of nitrogens with one attached hydrogen (secondary N) is 1. The maximum atomic E-state index is 14.6. The molecule has 2 atom stereocenters. The molecule has 0 saturated carbocycles. The largest absolute Gasteiger partial charge is 0.489 e. The van der Waals surface area contributed by atoms with Crippen LogP contribution in [0.3, 0.4) is 0 Å². The summed E-state index contributed by atoms with van der Waals surface area (Å²) < 4.78 is 45.5. The first-order chi connectivity index (χ1) is 17.1. The van der Waals surface area contributed by atoms with Crippen LogP contribution in [-0.4, -0.2) is 59.5 Å². The maximum absolute atomic E-state index is 14.6. The number of hydrogen-bond donors (Lipinski definition) is 1. The summed E-state index contributed by atoms with van der Waals surface area (Å²) in [6, 6.07) is 5.02. The molecular formula is C24H26F2N6O3. The van der Waals surface area contributed by atoms with Gasteiger partial charge in [-0.15, -0.1) is 0 Å². The fraction of sp³-hybridized carbons (Fsp3) is 0.417. The van der Waals surface area contributed by atoms with E-state index >= 15 is 0 Å². The van der Waals surface area contributed by atoms with Crippen LogP contribution in [0.1, 0.15) is 12.5 Å². The first-order valence-corrected chi connectivity index (χ1v) is 11.5. The zero-order chi connectivity index (χ0) is 24.4. The minimum absolute atomic E-state index is 0.00580. The van der Waals surface area contributed by atoms with E-state index in [4.69, 9.17) is 14.2 Å². The van der Waals surface area contributed by atoms with Gasteiger partial charge in [0.2, 0.25) is 11.7 Å². The minimum atomic E-state index is -0.475. The van der Waals surface area contributed by atoms with Crippen LogP contribution in [0.2, 0.25) is 0 Å². The monoisotopic (exact) mass is 484 g/mol. The van der Waals surface area contributed by atoms with Crippen LogP contribution in [0.15, 0.2) is 36.9 Å². The molecule has 4 heterocycles. The number of methoxy groups -OCH3 is 1. The van der Waals surface area contributed by atoms with Gasteiger partial charge in [0.1, 0.15) is 18.2 Å². The number of fused-ring (bicyclic) bond motifs is 2. The van der Waals surface area contributed by atoms with E-state index in [-0.39, 0.29) is 41.1 Å². The van der Waals surface area contributed by atoms with Crippen LogP contribution in [0.25, 0.3) is 0 Å². The lowest BCUT2D eigenvalue weighted by Gasteiger charge is -2.46. The molecule has 1 N–H and O–H groups in total. The van der Waals surface area contributed by atoms with Crippen LogP contribution in [-0.2, 0) is 11.2 Å². The lowest BCUT2D eigenvalue weighted by molar-refractivity contribution is -0.0776. The molecule has 184 valence electrons. The normalized spacial score (nSPS) is 21.5. The summed E-state index contributed by atoms with van der Waals surface area (Å²) in [5.74, 6) is 0.492. The van der Waals surface area contributed by atoms with Crippen LogP contribution in [0, 0.1) is 23.5 Å². The zero-order valence-electron chi connectivity index (χ0n) is 19.4. The predicted molar refractivity (Wildman–Crippen MR) is 124 cm³/mol. The van der Waals surface area contributed by atoms with Crippen molar-refractivity contribution in [2.24, 2.45) is 11.8 Å². The van der Waals surface area contributed by atoms with Gasteiger partial charge in [0.15, 0.2) is 11.6 Å². The SMILES string of the molecule is CCc1ccc(Nc2ncnc(OC3C4COCC3CN(c3ncc(F)cn3)C4)c2OC)c(F)c1. The highest BCUT2D eigenvalue weighted by Gasteiger charge is 2.43. The Kier molecular flexibility index (Phi) is 6.58. The fourth-order valence-electron chi connectivity index (χ4n) is 4.57. The van der Waals surface area contributed by atoms with E-state index in [0.29, 0.717) is 38.1 Å². The number of rotatable bonds is 7. The molecular weight excluding hydrogens is 458 g/mol. The van der Waals surface area contributed by atoms with Gasteiger partial charge in [-0.2, -0.15) is 4.98 Å². The summed E-state index contributed by atoms with van der Waals surface area (Å²) in [4.78, 5) is 18.8. The quantitative estimate of drug-likeness (QED) is 0.542. The van der Waals surface area contributed by atoms with Crippen LogP contribution < -0.4 is 19.7 Å². The van der Waals surface area contributed by atoms with Gasteiger partial charge in [0.25, 0.3) is 5.88 Å². The predicted octanol–water partition coefficient (Wildman–Crippen LogP) is 3.39. The number of ether oxygens (including phenoxy) is 3. The number of aryl methyl sites for hydroxylation is 1. The molecule has 9 nitrogen and oxygen atoms in total. The molecule has 0 amide bonds. The number of anilines is 3. The van der Waals surface area contributed by atoms with Gasteiger partial charge in [-0.3, -0.25) is 0 Å². The second kappa shape index (κ2) is 9.95. The van der Waals surface area contributed by atoms with Crippen molar-refractivity contribution in [2.45, 2.75) is 19.4 Å². The van der Waals surface area contributed by atoms with Gasteiger partial charge in [-0.25, -0.2) is 23.7 Å². The van der Waals surface area contributed by atoms with Crippen molar-refractivity contribution in [1.29, 1.82) is 0 Å². The van der Waals surface area contributed by atoms with Crippen LogP contribution >= 0.6 is 0 Å². The highest BCUT2D eigenvalue weighted by atomic mass is 19.1. The molecule has 11 heteroatoms. The molecule has 1 aromatic carbocycles. The Hall–Kier alpha value is -3.60. The molecule has 35 heavy (non-hydrogen) atoms. The van der Waals surface area contributed by atoms with Crippen molar-refractivity contribution < 1.29 is 23.0 Å². The first-order valence-electron chi connectivity index (χ1n) is 11.5. The first kappa shape index (κ1) is 23.2. The second-order valence-electron chi connectivity index (χ2n) is 8.60. The number of nitrogens with zero attached hydrogens (tertiary/aromatic N) is 5. The Morgan fingerprint density at radius 1 is 1.09 bits per heavy atom. The summed E-state index contributed by atoms with van der Waals surface area (Å²) in [5, 5.41) is 2.99. The van der Waals surface area contributed by atoms with E-state index in [2.05, 4.69) is 25.3 Å². The summed E-state index contributed by atoms with van der Waals surface area (Å²) >= 11 is 0. The Labute approximate surface area is 201 Å². The standard InChI is InChI=1S/C24H26F2N6O3/c1-3-14-4-5-19(18(26)6-14)31-22-21(33-2)23(30-13-29-22)35-20-15-9-32(10-16(20)12-34-11-15)24-27-7-17(25)8-28-24/h4-8,13,15-16,20H,3,9-12H2,1-2H3,(H,29,30,31). The lowest BCUT2D eigenvalue weighted by Crippen LogP contribution is -2.58. The molecule has 0 aliphatic carbocycles. The van der Waals surface area contributed by atoms with E-state index in [0.717, 1.165) is 24.4 Å². The van der Waals surface area contributed by atoms with Gasteiger partial charge in [0, 0.05) is 24.9 Å². The molecule has 2 bridgehead atoms.